The van der Waals surface area contributed by atoms with Crippen LogP contribution in [-0.4, -0.2) is 0 Å². The van der Waals surface area contributed by atoms with Gasteiger partial charge in [-0.05, 0) is 88.6 Å². The summed E-state index contributed by atoms with van der Waals surface area (Å²) in [5, 5.41) is 1.58. The van der Waals surface area contributed by atoms with Gasteiger partial charge in [0.2, 0.25) is 0 Å². The van der Waals surface area contributed by atoms with E-state index >= 15 is 0 Å². The Kier molecular flexibility index (Phi) is 3.33. The van der Waals surface area contributed by atoms with E-state index in [1.165, 1.54) is 0 Å². The highest BCUT2D eigenvalue weighted by molar-refractivity contribution is 6.26. The van der Waals surface area contributed by atoms with E-state index in [4.69, 9.17) is 18.1 Å². The van der Waals surface area contributed by atoms with Gasteiger partial charge in [-0.25, -0.2) is 0 Å². The summed E-state index contributed by atoms with van der Waals surface area (Å²) in [6.45, 7) is 0. The number of hydrogen-bond acceptors (Lipinski definition) is 1. The van der Waals surface area contributed by atoms with E-state index < -0.39 is 107 Å². The average molecular weight is 612 g/mol. The SMILES string of the molecule is [2H]c1c([2H])c([2H])c2c(-c3c4c([2H])c([2H])c([2H])c([2H])c4c(-c4ccccc4-c4cccc5oc6ccc7ccccc7c6c45)c4c([2H])c([2H])c([2H])c([2H])c34)c([2H])c([2H])c([2H])c2c1[2H]. The van der Waals surface area contributed by atoms with E-state index in [0.29, 0.717) is 27.9 Å². The summed E-state index contributed by atoms with van der Waals surface area (Å²) in [5.41, 5.74) is 1.89. The molecule has 0 atom stereocenters. The first-order valence-corrected chi connectivity index (χ1v) is 15.0. The lowest BCUT2D eigenvalue weighted by atomic mass is 9.82. The molecule has 1 aromatic heterocycles. The summed E-state index contributed by atoms with van der Waals surface area (Å²) in [6.07, 6.45) is 0. The van der Waals surface area contributed by atoms with E-state index in [1.54, 1.807) is 18.2 Å². The Labute approximate surface area is 293 Å². The van der Waals surface area contributed by atoms with Crippen LogP contribution < -0.4 is 0 Å². The molecule has 0 N–H and O–H groups in total. The molecule has 1 nitrogen and oxygen atoms in total. The molecule has 0 aliphatic carbocycles. The summed E-state index contributed by atoms with van der Waals surface area (Å²) in [4.78, 5) is 0. The summed E-state index contributed by atoms with van der Waals surface area (Å²) < 4.78 is 142. The lowest BCUT2D eigenvalue weighted by Gasteiger charge is -2.20. The van der Waals surface area contributed by atoms with Crippen molar-refractivity contribution in [2.75, 3.05) is 0 Å². The molecule has 0 spiro atoms. The van der Waals surface area contributed by atoms with Gasteiger partial charge in [-0.2, -0.15) is 0 Å². The van der Waals surface area contributed by atoms with Crippen LogP contribution >= 0.6 is 0 Å². The predicted octanol–water partition coefficient (Wildman–Crippen LogP) is 13.2. The zero-order chi connectivity index (χ0) is 44.0. The Hall–Kier alpha value is -6.18. The lowest BCUT2D eigenvalue weighted by molar-refractivity contribution is 0.669. The largest absolute Gasteiger partial charge is 0.456 e. The molecule has 9 aromatic carbocycles. The maximum absolute atomic E-state index is 9.55. The van der Waals surface area contributed by atoms with Crippen LogP contribution in [0.3, 0.4) is 0 Å². The summed E-state index contributed by atoms with van der Waals surface area (Å²) in [5.74, 6) is 0. The highest BCUT2D eigenvalue weighted by Crippen LogP contribution is 2.49. The van der Waals surface area contributed by atoms with Crippen molar-refractivity contribution in [1.29, 1.82) is 0 Å². The van der Waals surface area contributed by atoms with E-state index in [0.717, 1.165) is 21.5 Å². The second kappa shape index (κ2) is 10.2. The van der Waals surface area contributed by atoms with Gasteiger partial charge in [0.25, 0.3) is 0 Å². The fourth-order valence-corrected chi connectivity index (χ4v) is 6.89. The van der Waals surface area contributed by atoms with Crippen LogP contribution in [0.1, 0.15) is 20.6 Å². The van der Waals surface area contributed by atoms with Crippen LogP contribution in [-0.2, 0) is 0 Å². The van der Waals surface area contributed by atoms with Crippen LogP contribution in [0.4, 0.5) is 0 Å². The Balaban J connectivity index is 1.49. The third kappa shape index (κ3) is 3.84. The molecule has 0 unspecified atom stereocenters. The minimum Gasteiger partial charge on any atom is -0.456 e. The van der Waals surface area contributed by atoms with Crippen molar-refractivity contribution in [3.63, 3.8) is 0 Å². The van der Waals surface area contributed by atoms with Gasteiger partial charge in [0.15, 0.2) is 0 Å². The smallest absolute Gasteiger partial charge is 0.136 e. The fourth-order valence-electron chi connectivity index (χ4n) is 6.89. The van der Waals surface area contributed by atoms with Crippen molar-refractivity contribution in [1.82, 2.24) is 0 Å². The fraction of sp³-hybridized carbons (Fsp3) is 0. The molecule has 0 fully saturated rings. The van der Waals surface area contributed by atoms with Crippen molar-refractivity contribution in [3.05, 3.63) is 169 Å². The normalized spacial score (nSPS) is 16.3. The van der Waals surface area contributed by atoms with Crippen LogP contribution in [0.15, 0.2) is 174 Å². The molecule has 10 aromatic rings. The zero-order valence-corrected chi connectivity index (χ0v) is 24.4. The standard InChI is InChI=1S/C46H28O/c1-3-16-31-29(13-1)15-11-24-34(31)43-37-20-7-9-22-39(37)44(40-23-10-8-21-38(40)43)35-19-6-5-18-33(35)36-25-12-26-41-46(36)45-32-17-4-2-14-30(32)27-28-42(45)47-41/h1-28H/i1D,3D,7D,8D,9D,10D,11D,13D,15D,16D,20D,21D,22D,23D,24D. The van der Waals surface area contributed by atoms with Gasteiger partial charge < -0.3 is 4.42 Å². The molecule has 218 valence electrons. The first-order valence-electron chi connectivity index (χ1n) is 22.5. The van der Waals surface area contributed by atoms with Gasteiger partial charge in [-0.15, -0.1) is 0 Å². The van der Waals surface area contributed by atoms with Gasteiger partial charge in [0.05, 0.1) is 20.6 Å². The minimum absolute atomic E-state index is 0.0176. The molecule has 1 heteroatoms. The van der Waals surface area contributed by atoms with Gasteiger partial charge in [-0.3, -0.25) is 0 Å². The molecule has 0 bridgehead atoms. The highest BCUT2D eigenvalue weighted by Gasteiger charge is 2.22. The van der Waals surface area contributed by atoms with Crippen molar-refractivity contribution >= 4 is 65.0 Å². The first-order chi connectivity index (χ1) is 29.6. The van der Waals surface area contributed by atoms with Crippen LogP contribution in [0, 0.1) is 0 Å². The molecule has 0 saturated carbocycles. The van der Waals surface area contributed by atoms with E-state index in [1.807, 2.05) is 60.7 Å². The van der Waals surface area contributed by atoms with Gasteiger partial charge >= 0.3 is 0 Å². The highest BCUT2D eigenvalue weighted by atomic mass is 16.3. The molecule has 0 aliphatic heterocycles. The first kappa shape index (κ1) is 15.4. The van der Waals surface area contributed by atoms with E-state index in [-0.39, 0.29) is 32.7 Å². The van der Waals surface area contributed by atoms with Gasteiger partial charge in [0, 0.05) is 10.8 Å². The van der Waals surface area contributed by atoms with Crippen molar-refractivity contribution in [2.45, 2.75) is 0 Å². The second-order valence-corrected chi connectivity index (χ2v) is 11.2. The molecular weight excluding hydrogens is 569 g/mol. The predicted molar refractivity (Wildman–Crippen MR) is 200 cm³/mol. The topological polar surface area (TPSA) is 13.1 Å². The monoisotopic (exact) mass is 611 g/mol. The minimum atomic E-state index is -0.761. The maximum Gasteiger partial charge on any atom is 0.136 e. The number of furan rings is 1. The third-order valence-electron chi connectivity index (χ3n) is 8.81. The molecule has 10 rings (SSSR count). The van der Waals surface area contributed by atoms with Gasteiger partial charge in [-0.1, -0.05) is 157 Å². The Morgan fingerprint density at radius 2 is 0.915 bits per heavy atom. The molecule has 47 heavy (non-hydrogen) atoms. The van der Waals surface area contributed by atoms with Gasteiger partial charge in [0.1, 0.15) is 11.2 Å². The second-order valence-electron chi connectivity index (χ2n) is 11.2. The van der Waals surface area contributed by atoms with Crippen LogP contribution in [0.25, 0.3) is 98.4 Å². The number of benzene rings is 9. The van der Waals surface area contributed by atoms with E-state index in [2.05, 4.69) is 0 Å². The molecule has 0 amide bonds. The number of fused-ring (bicyclic) bond motifs is 8. The Bertz CT molecular complexity index is 3620. The number of rotatable bonds is 3. The van der Waals surface area contributed by atoms with Crippen molar-refractivity contribution < 1.29 is 25.0 Å². The molecule has 0 radical (unpaired) electrons. The molecule has 0 saturated heterocycles. The maximum atomic E-state index is 9.55. The van der Waals surface area contributed by atoms with Crippen LogP contribution in [0.5, 0.6) is 0 Å². The summed E-state index contributed by atoms with van der Waals surface area (Å²) in [6, 6.07) is 13.9. The Morgan fingerprint density at radius 3 is 1.68 bits per heavy atom. The summed E-state index contributed by atoms with van der Waals surface area (Å²) in [7, 11) is 0. The Morgan fingerprint density at radius 1 is 0.340 bits per heavy atom. The van der Waals surface area contributed by atoms with E-state index in [9.17, 15) is 6.85 Å². The summed E-state index contributed by atoms with van der Waals surface area (Å²) >= 11 is 0. The molecular formula is C46H28O. The average Bonchev–Trinajstić information content (AvgIpc) is 3.68. The lowest BCUT2D eigenvalue weighted by Crippen LogP contribution is -1.93. The van der Waals surface area contributed by atoms with Crippen LogP contribution in [0.2, 0.25) is 0 Å². The third-order valence-corrected chi connectivity index (χ3v) is 8.81. The zero-order valence-electron chi connectivity index (χ0n) is 39.4. The molecule has 0 aliphatic rings. The van der Waals surface area contributed by atoms with Crippen molar-refractivity contribution in [3.8, 4) is 33.4 Å². The number of hydrogen-bond donors (Lipinski definition) is 0. The quantitative estimate of drug-likeness (QED) is 0.181. The molecule has 1 heterocycles. The van der Waals surface area contributed by atoms with Crippen molar-refractivity contribution in [2.24, 2.45) is 0 Å².